The van der Waals surface area contributed by atoms with Crippen molar-refractivity contribution in [1.82, 2.24) is 10.2 Å². The number of unbranched alkanes of at least 4 members (excludes halogenated alkanes) is 3. The van der Waals surface area contributed by atoms with Crippen molar-refractivity contribution in [3.05, 3.63) is 0 Å². The highest BCUT2D eigenvalue weighted by Gasteiger charge is 2.54. The lowest BCUT2D eigenvalue weighted by Crippen LogP contribution is -2.52. The molecule has 1 heterocycles. The van der Waals surface area contributed by atoms with E-state index in [1.54, 1.807) is 4.90 Å². The second-order valence-corrected chi connectivity index (χ2v) is 10.4. The second-order valence-electron chi connectivity index (χ2n) is 10.4. The molecular weight excluding hydrogens is 384 g/mol. The normalized spacial score (nSPS) is 35.7. The van der Waals surface area contributed by atoms with Crippen LogP contribution in [-0.2, 0) is 9.59 Å². The number of hydrogen-bond donors (Lipinski definition) is 3. The minimum atomic E-state index is -0.778. The summed E-state index contributed by atoms with van der Waals surface area (Å²) in [5.74, 6) is 1.30. The van der Waals surface area contributed by atoms with Crippen LogP contribution in [0.4, 0.5) is 4.79 Å². The van der Waals surface area contributed by atoms with Crippen molar-refractivity contribution in [2.45, 2.75) is 95.6 Å². The lowest BCUT2D eigenvalue weighted by molar-refractivity contribution is -0.137. The quantitative estimate of drug-likeness (QED) is 0.351. The standard InChI is InChI=1S/C23H36N2O5/c26-19(23-12-15-9-16(13-23)11-17(10-15)14-23)7-8-25-18(21(29)24-22(25)30)5-3-1-2-4-6-20(27)28/h15-19,26H,1-14H2,(H,27,28)(H,24,29,30)/t15?,16?,17?,18-,19-,23?/m0/s1. The van der Waals surface area contributed by atoms with Gasteiger partial charge in [-0.15, -0.1) is 0 Å². The van der Waals surface area contributed by atoms with E-state index in [9.17, 15) is 19.5 Å². The summed E-state index contributed by atoms with van der Waals surface area (Å²) < 4.78 is 0. The van der Waals surface area contributed by atoms with E-state index >= 15 is 0 Å². The summed E-state index contributed by atoms with van der Waals surface area (Å²) in [4.78, 5) is 36.8. The molecule has 4 bridgehead atoms. The number of aliphatic hydroxyl groups is 1. The zero-order valence-electron chi connectivity index (χ0n) is 17.9. The molecule has 7 nitrogen and oxygen atoms in total. The Kier molecular flexibility index (Phi) is 6.37. The molecule has 0 aromatic heterocycles. The van der Waals surface area contributed by atoms with Crippen LogP contribution >= 0.6 is 0 Å². The van der Waals surface area contributed by atoms with Crippen LogP contribution in [0.5, 0.6) is 0 Å². The van der Waals surface area contributed by atoms with Gasteiger partial charge in [0, 0.05) is 13.0 Å². The zero-order valence-corrected chi connectivity index (χ0v) is 17.9. The molecule has 2 atom stereocenters. The molecule has 5 aliphatic rings. The Bertz CT molecular complexity index is 643. The number of hydrogen-bond acceptors (Lipinski definition) is 4. The smallest absolute Gasteiger partial charge is 0.324 e. The average Bonchev–Trinajstić information content (AvgIpc) is 2.93. The van der Waals surface area contributed by atoms with Gasteiger partial charge in [-0.05, 0) is 81.0 Å². The predicted molar refractivity (Wildman–Crippen MR) is 111 cm³/mol. The number of imide groups is 1. The predicted octanol–water partition coefficient (Wildman–Crippen LogP) is 3.30. The number of nitrogens with zero attached hydrogens (tertiary/aromatic N) is 1. The number of aliphatic carboxylic acids is 1. The number of carbonyl (C=O) groups excluding carboxylic acids is 2. The van der Waals surface area contributed by atoms with Gasteiger partial charge in [0.15, 0.2) is 0 Å². The van der Waals surface area contributed by atoms with Crippen LogP contribution in [-0.4, -0.2) is 51.7 Å². The monoisotopic (exact) mass is 420 g/mol. The number of amides is 3. The fourth-order valence-electron chi connectivity index (χ4n) is 7.21. The first-order valence-electron chi connectivity index (χ1n) is 11.9. The molecule has 0 radical (unpaired) electrons. The Morgan fingerprint density at radius 1 is 1.03 bits per heavy atom. The Labute approximate surface area is 178 Å². The maximum atomic E-state index is 12.3. The minimum Gasteiger partial charge on any atom is -0.481 e. The van der Waals surface area contributed by atoms with Crippen molar-refractivity contribution in [1.29, 1.82) is 0 Å². The summed E-state index contributed by atoms with van der Waals surface area (Å²) in [6.45, 7) is 0.421. The summed E-state index contributed by atoms with van der Waals surface area (Å²) in [6, 6.07) is -0.797. The molecule has 7 heteroatoms. The first kappa shape index (κ1) is 21.6. The third-order valence-electron chi connectivity index (χ3n) is 8.22. The molecule has 3 amide bonds. The van der Waals surface area contributed by atoms with Crippen molar-refractivity contribution in [2.75, 3.05) is 6.54 Å². The third kappa shape index (κ3) is 4.51. The van der Waals surface area contributed by atoms with Gasteiger partial charge in [-0.1, -0.05) is 19.3 Å². The topological polar surface area (TPSA) is 107 Å². The maximum Gasteiger partial charge on any atom is 0.324 e. The highest BCUT2D eigenvalue weighted by atomic mass is 16.4. The van der Waals surface area contributed by atoms with Crippen LogP contribution < -0.4 is 5.32 Å². The molecule has 0 spiro atoms. The lowest BCUT2D eigenvalue weighted by atomic mass is 9.48. The fourth-order valence-corrected chi connectivity index (χ4v) is 7.21. The molecule has 168 valence electrons. The number of rotatable bonds is 11. The number of aliphatic hydroxyl groups excluding tert-OH is 1. The van der Waals surface area contributed by atoms with Gasteiger partial charge in [0.25, 0.3) is 5.91 Å². The summed E-state index contributed by atoms with van der Waals surface area (Å²) in [7, 11) is 0. The molecule has 1 aliphatic heterocycles. The van der Waals surface area contributed by atoms with Crippen molar-refractivity contribution in [2.24, 2.45) is 23.2 Å². The van der Waals surface area contributed by atoms with Crippen molar-refractivity contribution in [3.8, 4) is 0 Å². The summed E-state index contributed by atoms with van der Waals surface area (Å²) >= 11 is 0. The van der Waals surface area contributed by atoms with E-state index in [1.807, 2.05) is 0 Å². The van der Waals surface area contributed by atoms with Crippen LogP contribution in [0.2, 0.25) is 0 Å². The molecule has 0 aromatic rings. The van der Waals surface area contributed by atoms with E-state index in [0.717, 1.165) is 56.3 Å². The van der Waals surface area contributed by atoms with Crippen LogP contribution in [0.25, 0.3) is 0 Å². The van der Waals surface area contributed by atoms with E-state index in [0.29, 0.717) is 25.8 Å². The largest absolute Gasteiger partial charge is 0.481 e. The zero-order chi connectivity index (χ0) is 21.3. The minimum absolute atomic E-state index is 0.0363. The highest BCUT2D eigenvalue weighted by molar-refractivity contribution is 6.04. The molecule has 4 aliphatic carbocycles. The summed E-state index contributed by atoms with van der Waals surface area (Å²) in [6.07, 6.45) is 11.4. The molecule has 1 saturated heterocycles. The molecule has 0 aromatic carbocycles. The third-order valence-corrected chi connectivity index (χ3v) is 8.22. The first-order valence-corrected chi connectivity index (χ1v) is 11.9. The first-order chi connectivity index (χ1) is 14.4. The Balaban J connectivity index is 1.26. The van der Waals surface area contributed by atoms with E-state index < -0.39 is 18.1 Å². The molecular formula is C23H36N2O5. The number of carbonyl (C=O) groups is 3. The van der Waals surface area contributed by atoms with E-state index in [1.165, 1.54) is 19.3 Å². The lowest BCUT2D eigenvalue weighted by Gasteiger charge is -2.58. The van der Waals surface area contributed by atoms with Gasteiger partial charge >= 0.3 is 12.0 Å². The van der Waals surface area contributed by atoms with Gasteiger partial charge in [0.1, 0.15) is 6.04 Å². The van der Waals surface area contributed by atoms with E-state index in [2.05, 4.69) is 5.32 Å². The van der Waals surface area contributed by atoms with E-state index in [-0.39, 0.29) is 23.8 Å². The van der Waals surface area contributed by atoms with Gasteiger partial charge in [0.2, 0.25) is 0 Å². The Morgan fingerprint density at radius 2 is 1.63 bits per heavy atom. The number of nitrogens with one attached hydrogen (secondary N) is 1. The Hall–Kier alpha value is -1.63. The summed E-state index contributed by atoms with van der Waals surface area (Å²) in [5, 5.41) is 22.3. The SMILES string of the molecule is O=C(O)CCCCCC[C@H]1C(=O)NC(=O)N1CC[C@H](O)C12CC3CC(CC(C3)C1)C2. The van der Waals surface area contributed by atoms with Crippen LogP contribution in [0.1, 0.15) is 83.5 Å². The number of urea groups is 1. The van der Waals surface area contributed by atoms with Crippen molar-refractivity contribution >= 4 is 17.9 Å². The fraction of sp³-hybridized carbons (Fsp3) is 0.870. The number of carboxylic acids is 1. The van der Waals surface area contributed by atoms with Crippen LogP contribution in [0.15, 0.2) is 0 Å². The molecule has 3 N–H and O–H groups in total. The highest BCUT2D eigenvalue weighted by Crippen LogP contribution is 2.61. The van der Waals surface area contributed by atoms with Gasteiger partial charge < -0.3 is 15.1 Å². The maximum absolute atomic E-state index is 12.3. The van der Waals surface area contributed by atoms with E-state index in [4.69, 9.17) is 5.11 Å². The second kappa shape index (κ2) is 8.85. The van der Waals surface area contributed by atoms with Gasteiger partial charge in [-0.3, -0.25) is 14.9 Å². The molecule has 5 rings (SSSR count). The van der Waals surface area contributed by atoms with Gasteiger partial charge in [-0.2, -0.15) is 0 Å². The van der Waals surface area contributed by atoms with Gasteiger partial charge in [-0.25, -0.2) is 4.79 Å². The summed E-state index contributed by atoms with van der Waals surface area (Å²) in [5.41, 5.74) is 0.0363. The van der Waals surface area contributed by atoms with Crippen LogP contribution in [0.3, 0.4) is 0 Å². The molecule has 30 heavy (non-hydrogen) atoms. The molecule has 4 saturated carbocycles. The average molecular weight is 421 g/mol. The van der Waals surface area contributed by atoms with Crippen LogP contribution in [0, 0.1) is 23.2 Å². The molecule has 5 fully saturated rings. The van der Waals surface area contributed by atoms with Crippen molar-refractivity contribution < 1.29 is 24.6 Å². The van der Waals surface area contributed by atoms with Crippen molar-refractivity contribution in [3.63, 3.8) is 0 Å². The Morgan fingerprint density at radius 3 is 2.23 bits per heavy atom. The van der Waals surface area contributed by atoms with Gasteiger partial charge in [0.05, 0.1) is 6.10 Å². The molecule has 0 unspecified atom stereocenters. The number of carboxylic acid groups (broad SMARTS) is 1.